The number of anilines is 1. The van der Waals surface area contributed by atoms with Crippen LogP contribution in [0.4, 0.5) is 5.69 Å². The van der Waals surface area contributed by atoms with Gasteiger partial charge in [0, 0.05) is 46.4 Å². The third-order valence-corrected chi connectivity index (χ3v) is 6.77. The Morgan fingerprint density at radius 1 is 1.25 bits per heavy atom. The first-order chi connectivity index (χ1) is 15.4. The van der Waals surface area contributed by atoms with Gasteiger partial charge in [0.2, 0.25) is 0 Å². The molecule has 0 spiro atoms. The number of rotatable bonds is 4. The van der Waals surface area contributed by atoms with Crippen molar-refractivity contribution in [3.63, 3.8) is 0 Å². The molecule has 0 radical (unpaired) electrons. The van der Waals surface area contributed by atoms with Crippen molar-refractivity contribution < 1.29 is 4.79 Å². The highest BCUT2D eigenvalue weighted by molar-refractivity contribution is 7.21. The molecule has 0 saturated heterocycles. The van der Waals surface area contributed by atoms with Crippen LogP contribution in [0.2, 0.25) is 0 Å². The highest BCUT2D eigenvalue weighted by Crippen LogP contribution is 2.41. The van der Waals surface area contributed by atoms with Gasteiger partial charge in [-0.1, -0.05) is 6.58 Å². The molecule has 7 heteroatoms. The van der Waals surface area contributed by atoms with Crippen molar-refractivity contribution in [3.05, 3.63) is 59.7 Å². The Balaban J connectivity index is 1.59. The highest BCUT2D eigenvalue weighted by atomic mass is 32.1. The van der Waals surface area contributed by atoms with Crippen molar-refractivity contribution in [1.82, 2.24) is 20.2 Å². The minimum atomic E-state index is -0.0151. The summed E-state index contributed by atoms with van der Waals surface area (Å²) in [5.41, 5.74) is 5.56. The molecule has 2 N–H and O–H groups in total. The SMILES string of the molecule is C=C(CN(C)C)c1cc(-c2ccc3c(ccc4sc5c(c43)NC[C@@H](C)NC5=O)n2)ccn1. The van der Waals surface area contributed by atoms with Crippen LogP contribution in [0.1, 0.15) is 22.3 Å². The minimum Gasteiger partial charge on any atom is -0.381 e. The topological polar surface area (TPSA) is 70.2 Å². The number of thiophene rings is 1. The average molecular weight is 444 g/mol. The Hall–Kier alpha value is -3.29. The molecule has 5 rings (SSSR count). The number of hydrogen-bond donors (Lipinski definition) is 2. The van der Waals surface area contributed by atoms with Gasteiger partial charge in [0.15, 0.2) is 0 Å². The van der Waals surface area contributed by atoms with E-state index in [1.165, 1.54) is 11.3 Å². The molecular formula is C25H25N5OS. The molecule has 32 heavy (non-hydrogen) atoms. The molecule has 4 aromatic rings. The molecule has 0 aliphatic carbocycles. The molecule has 1 aliphatic heterocycles. The highest BCUT2D eigenvalue weighted by Gasteiger charge is 2.24. The van der Waals surface area contributed by atoms with E-state index in [0.717, 1.165) is 60.6 Å². The monoisotopic (exact) mass is 443 g/mol. The van der Waals surface area contributed by atoms with E-state index in [-0.39, 0.29) is 11.9 Å². The van der Waals surface area contributed by atoms with Crippen molar-refractivity contribution >= 4 is 49.5 Å². The van der Waals surface area contributed by atoms with E-state index < -0.39 is 0 Å². The lowest BCUT2D eigenvalue weighted by Gasteiger charge is -2.12. The van der Waals surface area contributed by atoms with Crippen LogP contribution in [-0.2, 0) is 0 Å². The number of fused-ring (bicyclic) bond motifs is 5. The number of carbonyl (C=O) groups excluding carboxylic acids is 1. The Bertz CT molecular complexity index is 1370. The minimum absolute atomic E-state index is 0.0151. The molecule has 1 aliphatic rings. The fourth-order valence-corrected chi connectivity index (χ4v) is 5.23. The summed E-state index contributed by atoms with van der Waals surface area (Å²) in [6.07, 6.45) is 1.81. The van der Waals surface area contributed by atoms with Gasteiger partial charge in [0.05, 0.1) is 22.6 Å². The predicted molar refractivity (Wildman–Crippen MR) is 133 cm³/mol. The van der Waals surface area contributed by atoms with E-state index in [9.17, 15) is 4.79 Å². The summed E-state index contributed by atoms with van der Waals surface area (Å²) < 4.78 is 1.08. The van der Waals surface area contributed by atoms with Crippen molar-refractivity contribution in [2.75, 3.05) is 32.5 Å². The number of aromatic nitrogens is 2. The van der Waals surface area contributed by atoms with Crippen molar-refractivity contribution in [3.8, 4) is 11.3 Å². The zero-order chi connectivity index (χ0) is 22.4. The second kappa shape index (κ2) is 8.00. The van der Waals surface area contributed by atoms with Crippen LogP contribution in [0.15, 0.2) is 49.2 Å². The van der Waals surface area contributed by atoms with Crippen LogP contribution < -0.4 is 10.6 Å². The maximum atomic E-state index is 12.6. The van der Waals surface area contributed by atoms with Gasteiger partial charge in [-0.05, 0) is 63.0 Å². The summed E-state index contributed by atoms with van der Waals surface area (Å²) >= 11 is 1.52. The number of likely N-dealkylation sites (N-methyl/N-ethyl adjacent to an activating group) is 1. The van der Waals surface area contributed by atoms with Gasteiger partial charge >= 0.3 is 0 Å². The second-order valence-electron chi connectivity index (χ2n) is 8.53. The van der Waals surface area contributed by atoms with Gasteiger partial charge in [-0.2, -0.15) is 0 Å². The maximum Gasteiger partial charge on any atom is 0.263 e. The van der Waals surface area contributed by atoms with Crippen molar-refractivity contribution in [1.29, 1.82) is 0 Å². The van der Waals surface area contributed by atoms with Gasteiger partial charge in [0.1, 0.15) is 4.88 Å². The fraction of sp³-hybridized carbons (Fsp3) is 0.240. The summed E-state index contributed by atoms with van der Waals surface area (Å²) in [6.45, 7) is 7.63. The first-order valence-electron chi connectivity index (χ1n) is 10.6. The lowest BCUT2D eigenvalue weighted by atomic mass is 10.0. The van der Waals surface area contributed by atoms with Crippen molar-refractivity contribution in [2.24, 2.45) is 0 Å². The smallest absolute Gasteiger partial charge is 0.263 e. The van der Waals surface area contributed by atoms with Crippen LogP contribution in [0.3, 0.4) is 0 Å². The third-order valence-electron chi connectivity index (χ3n) is 5.62. The predicted octanol–water partition coefficient (Wildman–Crippen LogP) is 4.63. The number of carbonyl (C=O) groups is 1. The first-order valence-corrected chi connectivity index (χ1v) is 11.4. The number of pyridine rings is 2. The molecule has 0 unspecified atom stereocenters. The molecule has 0 fully saturated rings. The van der Waals surface area contributed by atoms with Gasteiger partial charge in [-0.3, -0.25) is 9.78 Å². The zero-order valence-corrected chi connectivity index (χ0v) is 19.2. The van der Waals surface area contributed by atoms with Gasteiger partial charge in [-0.25, -0.2) is 4.98 Å². The quantitative estimate of drug-likeness (QED) is 0.481. The van der Waals surface area contributed by atoms with Crippen LogP contribution in [0.25, 0.3) is 37.8 Å². The largest absolute Gasteiger partial charge is 0.381 e. The lowest BCUT2D eigenvalue weighted by molar-refractivity contribution is 0.0949. The number of hydrogen-bond acceptors (Lipinski definition) is 6. The molecule has 3 aromatic heterocycles. The summed E-state index contributed by atoms with van der Waals surface area (Å²) in [7, 11) is 4.04. The van der Waals surface area contributed by atoms with Crippen molar-refractivity contribution in [2.45, 2.75) is 13.0 Å². The average Bonchev–Trinajstić information content (AvgIpc) is 3.09. The Kier molecular flexibility index (Phi) is 5.15. The maximum absolute atomic E-state index is 12.6. The van der Waals surface area contributed by atoms with Crippen LogP contribution in [0, 0.1) is 0 Å². The number of nitrogens with one attached hydrogen (secondary N) is 2. The first kappa shape index (κ1) is 20.6. The molecule has 6 nitrogen and oxygen atoms in total. The summed E-state index contributed by atoms with van der Waals surface area (Å²) in [5, 5.41) is 8.64. The zero-order valence-electron chi connectivity index (χ0n) is 18.4. The molecule has 1 aromatic carbocycles. The van der Waals surface area contributed by atoms with E-state index in [1.807, 2.05) is 51.5 Å². The molecule has 1 amide bonds. The second-order valence-corrected chi connectivity index (χ2v) is 9.59. The van der Waals surface area contributed by atoms with E-state index in [1.54, 1.807) is 0 Å². The van der Waals surface area contributed by atoms with E-state index in [0.29, 0.717) is 6.54 Å². The van der Waals surface area contributed by atoms with Gasteiger partial charge in [-0.15, -0.1) is 11.3 Å². The van der Waals surface area contributed by atoms with E-state index >= 15 is 0 Å². The standard InChI is InChI=1S/C25H25N5OS/c1-14(13-30(3)4)20-11-16(9-10-26-20)18-6-5-17-19(29-18)7-8-21-22(17)23-24(32-21)25(31)28-15(2)12-27-23/h5-11,15,27H,1,12-13H2,2-4H3,(H,28,31)/t15-/m1/s1. The Morgan fingerprint density at radius 3 is 2.91 bits per heavy atom. The fourth-order valence-electron chi connectivity index (χ4n) is 4.13. The number of benzene rings is 1. The number of nitrogens with zero attached hydrogens (tertiary/aromatic N) is 3. The molecule has 0 bridgehead atoms. The molecule has 162 valence electrons. The summed E-state index contributed by atoms with van der Waals surface area (Å²) in [4.78, 5) is 24.9. The third kappa shape index (κ3) is 3.63. The lowest BCUT2D eigenvalue weighted by Crippen LogP contribution is -2.34. The van der Waals surface area contributed by atoms with E-state index in [2.05, 4.69) is 39.2 Å². The normalized spacial score (nSPS) is 16.0. The van der Waals surface area contributed by atoms with E-state index in [4.69, 9.17) is 4.98 Å². The Labute approximate surface area is 191 Å². The molecule has 0 saturated carbocycles. The molecule has 4 heterocycles. The molecule has 1 atom stereocenters. The summed E-state index contributed by atoms with van der Waals surface area (Å²) in [6, 6.07) is 12.3. The summed E-state index contributed by atoms with van der Waals surface area (Å²) in [5.74, 6) is -0.0151. The van der Waals surface area contributed by atoms with Crippen LogP contribution >= 0.6 is 11.3 Å². The van der Waals surface area contributed by atoms with Crippen LogP contribution in [-0.4, -0.2) is 54.0 Å². The molecular weight excluding hydrogens is 418 g/mol. The number of amides is 1. The Morgan fingerprint density at radius 2 is 2.09 bits per heavy atom. The van der Waals surface area contributed by atoms with Crippen LogP contribution in [0.5, 0.6) is 0 Å². The van der Waals surface area contributed by atoms with Gasteiger partial charge in [0.25, 0.3) is 5.91 Å². The van der Waals surface area contributed by atoms with Gasteiger partial charge < -0.3 is 15.5 Å².